The third-order valence-electron chi connectivity index (χ3n) is 4.17. The second-order valence-electron chi connectivity index (χ2n) is 6.15. The number of halogens is 1. The zero-order valence-corrected chi connectivity index (χ0v) is 12.9. The number of aryl methyl sites for hydroxylation is 1. The summed E-state index contributed by atoms with van der Waals surface area (Å²) in [4.78, 5) is 12.2. The Morgan fingerprint density at radius 3 is 3.05 bits per heavy atom. The quantitative estimate of drug-likeness (QED) is 0.876. The molecule has 1 fully saturated rings. The molecule has 0 radical (unpaired) electrons. The van der Waals surface area contributed by atoms with Crippen molar-refractivity contribution in [3.63, 3.8) is 0 Å². The van der Waals surface area contributed by atoms with Gasteiger partial charge in [0.05, 0.1) is 0 Å². The molecule has 3 unspecified atom stereocenters. The van der Waals surface area contributed by atoms with Gasteiger partial charge in [-0.3, -0.25) is 4.79 Å². The van der Waals surface area contributed by atoms with Gasteiger partial charge in [0.1, 0.15) is 5.82 Å². The summed E-state index contributed by atoms with van der Waals surface area (Å²) in [5.74, 6) is -0.141. The molecule has 2 N–H and O–H groups in total. The highest BCUT2D eigenvalue weighted by Crippen LogP contribution is 2.13. The largest absolute Gasteiger partial charge is 0.353 e. The molecule has 1 aromatic carbocycles. The van der Waals surface area contributed by atoms with E-state index in [4.69, 9.17) is 0 Å². The number of hydrogen-bond acceptors (Lipinski definition) is 2. The smallest absolute Gasteiger partial charge is 0.223 e. The van der Waals surface area contributed by atoms with Gasteiger partial charge in [0, 0.05) is 18.0 Å². The monoisotopic (exact) mass is 292 g/mol. The lowest BCUT2D eigenvalue weighted by Crippen LogP contribution is -2.47. The number of benzene rings is 1. The van der Waals surface area contributed by atoms with Crippen LogP contribution in [0.3, 0.4) is 0 Å². The molecule has 1 amide bonds. The number of carbonyl (C=O) groups excluding carboxylic acids is 1. The van der Waals surface area contributed by atoms with Crippen LogP contribution in [-0.2, 0) is 11.2 Å². The fraction of sp³-hybridized carbons (Fsp3) is 0.588. The van der Waals surface area contributed by atoms with Gasteiger partial charge >= 0.3 is 0 Å². The van der Waals surface area contributed by atoms with Crippen LogP contribution in [0.15, 0.2) is 24.3 Å². The Labute approximate surface area is 126 Å². The van der Waals surface area contributed by atoms with Gasteiger partial charge < -0.3 is 10.6 Å². The van der Waals surface area contributed by atoms with Crippen LogP contribution in [0.25, 0.3) is 0 Å². The minimum Gasteiger partial charge on any atom is -0.353 e. The normalized spacial score (nSPS) is 23.6. The molecule has 116 valence electrons. The van der Waals surface area contributed by atoms with Crippen LogP contribution in [-0.4, -0.2) is 24.5 Å². The number of nitrogens with one attached hydrogen (secondary N) is 2. The fourth-order valence-electron chi connectivity index (χ4n) is 2.81. The lowest BCUT2D eigenvalue weighted by Gasteiger charge is -2.29. The zero-order chi connectivity index (χ0) is 15.2. The van der Waals surface area contributed by atoms with E-state index < -0.39 is 0 Å². The van der Waals surface area contributed by atoms with Gasteiger partial charge in [-0.15, -0.1) is 0 Å². The number of rotatable bonds is 5. The van der Waals surface area contributed by atoms with E-state index in [9.17, 15) is 9.18 Å². The SMILES string of the molecule is CC1CC(NC(=O)C(C)CCc2cccc(F)c2)CCN1. The first kappa shape index (κ1) is 16.0. The Morgan fingerprint density at radius 1 is 1.52 bits per heavy atom. The molecule has 3 atom stereocenters. The minimum atomic E-state index is -0.215. The van der Waals surface area contributed by atoms with Crippen LogP contribution >= 0.6 is 0 Å². The Kier molecular flexibility index (Phi) is 5.74. The second-order valence-corrected chi connectivity index (χ2v) is 6.15. The molecular weight excluding hydrogens is 267 g/mol. The molecule has 0 aliphatic carbocycles. The van der Waals surface area contributed by atoms with Gasteiger partial charge in [0.25, 0.3) is 0 Å². The number of amides is 1. The number of carbonyl (C=O) groups is 1. The summed E-state index contributed by atoms with van der Waals surface area (Å²) >= 11 is 0. The lowest BCUT2D eigenvalue weighted by atomic mass is 9.97. The second kappa shape index (κ2) is 7.55. The van der Waals surface area contributed by atoms with Gasteiger partial charge in [-0.25, -0.2) is 4.39 Å². The molecule has 2 rings (SSSR count). The summed E-state index contributed by atoms with van der Waals surface area (Å²) in [5, 5.41) is 6.52. The van der Waals surface area contributed by atoms with E-state index in [0.717, 1.165) is 37.8 Å². The Hall–Kier alpha value is -1.42. The topological polar surface area (TPSA) is 41.1 Å². The van der Waals surface area contributed by atoms with Gasteiger partial charge in [-0.1, -0.05) is 19.1 Å². The van der Waals surface area contributed by atoms with E-state index in [1.165, 1.54) is 6.07 Å². The van der Waals surface area contributed by atoms with Crippen molar-refractivity contribution in [1.82, 2.24) is 10.6 Å². The van der Waals surface area contributed by atoms with E-state index in [0.29, 0.717) is 6.04 Å². The molecule has 0 saturated carbocycles. The van der Waals surface area contributed by atoms with E-state index in [1.54, 1.807) is 12.1 Å². The van der Waals surface area contributed by atoms with Crippen LogP contribution in [0.2, 0.25) is 0 Å². The van der Waals surface area contributed by atoms with Crippen molar-refractivity contribution in [3.8, 4) is 0 Å². The predicted molar refractivity (Wildman–Crippen MR) is 82.5 cm³/mol. The number of piperidine rings is 1. The third-order valence-corrected chi connectivity index (χ3v) is 4.17. The molecular formula is C17H25FN2O. The molecule has 3 nitrogen and oxygen atoms in total. The van der Waals surface area contributed by atoms with E-state index >= 15 is 0 Å². The van der Waals surface area contributed by atoms with Crippen molar-refractivity contribution in [2.75, 3.05) is 6.54 Å². The van der Waals surface area contributed by atoms with Crippen molar-refractivity contribution in [2.24, 2.45) is 5.92 Å². The molecule has 0 aromatic heterocycles. The average molecular weight is 292 g/mol. The van der Waals surface area contributed by atoms with E-state index in [2.05, 4.69) is 17.6 Å². The Balaban J connectivity index is 1.77. The standard InChI is InChI=1S/C17H25FN2O/c1-12(6-7-14-4-3-5-15(18)11-14)17(21)20-16-8-9-19-13(2)10-16/h3-5,11-13,16,19H,6-10H2,1-2H3,(H,20,21). The molecule has 1 aliphatic rings. The molecule has 1 aromatic rings. The fourth-order valence-corrected chi connectivity index (χ4v) is 2.81. The summed E-state index contributed by atoms with van der Waals surface area (Å²) in [6.07, 6.45) is 3.46. The molecule has 1 aliphatic heterocycles. The molecule has 0 spiro atoms. The van der Waals surface area contributed by atoms with Crippen molar-refractivity contribution < 1.29 is 9.18 Å². The highest BCUT2D eigenvalue weighted by Gasteiger charge is 2.22. The number of hydrogen-bond donors (Lipinski definition) is 2. The molecule has 21 heavy (non-hydrogen) atoms. The summed E-state index contributed by atoms with van der Waals surface area (Å²) < 4.78 is 13.1. The van der Waals surface area contributed by atoms with Gasteiger partial charge in [0.15, 0.2) is 0 Å². The van der Waals surface area contributed by atoms with Crippen molar-refractivity contribution >= 4 is 5.91 Å². The van der Waals surface area contributed by atoms with Gasteiger partial charge in [0.2, 0.25) is 5.91 Å². The van der Waals surface area contributed by atoms with Crippen molar-refractivity contribution in [3.05, 3.63) is 35.6 Å². The van der Waals surface area contributed by atoms with E-state index in [1.807, 2.05) is 13.0 Å². The predicted octanol–water partition coefficient (Wildman–Crippen LogP) is 2.65. The maximum Gasteiger partial charge on any atom is 0.223 e. The highest BCUT2D eigenvalue weighted by molar-refractivity contribution is 5.78. The van der Waals surface area contributed by atoms with Crippen LogP contribution in [0.5, 0.6) is 0 Å². The Bertz CT molecular complexity index is 478. The van der Waals surface area contributed by atoms with Gasteiger partial charge in [-0.2, -0.15) is 0 Å². The lowest BCUT2D eigenvalue weighted by molar-refractivity contribution is -0.125. The summed E-state index contributed by atoms with van der Waals surface area (Å²) in [6, 6.07) is 7.35. The first-order valence-corrected chi connectivity index (χ1v) is 7.83. The minimum absolute atomic E-state index is 0.0431. The molecule has 1 saturated heterocycles. The highest BCUT2D eigenvalue weighted by atomic mass is 19.1. The van der Waals surface area contributed by atoms with Crippen LogP contribution in [0.1, 0.15) is 38.7 Å². The Morgan fingerprint density at radius 2 is 2.33 bits per heavy atom. The summed E-state index contributed by atoms with van der Waals surface area (Å²) in [6.45, 7) is 5.05. The van der Waals surface area contributed by atoms with E-state index in [-0.39, 0.29) is 23.7 Å². The molecule has 4 heteroatoms. The summed E-state index contributed by atoms with van der Waals surface area (Å²) in [7, 11) is 0. The third kappa shape index (κ3) is 5.12. The maximum absolute atomic E-state index is 13.1. The average Bonchev–Trinajstić information content (AvgIpc) is 2.45. The van der Waals surface area contributed by atoms with Crippen LogP contribution in [0, 0.1) is 11.7 Å². The van der Waals surface area contributed by atoms with Crippen molar-refractivity contribution in [1.29, 1.82) is 0 Å². The first-order valence-electron chi connectivity index (χ1n) is 7.83. The van der Waals surface area contributed by atoms with Crippen molar-refractivity contribution in [2.45, 2.75) is 51.6 Å². The maximum atomic E-state index is 13.1. The van der Waals surface area contributed by atoms with Gasteiger partial charge in [-0.05, 0) is 56.8 Å². The van der Waals surface area contributed by atoms with Crippen LogP contribution in [0.4, 0.5) is 4.39 Å². The van der Waals surface area contributed by atoms with Crippen LogP contribution < -0.4 is 10.6 Å². The molecule has 1 heterocycles. The summed E-state index contributed by atoms with van der Waals surface area (Å²) in [5.41, 5.74) is 0.949. The first-order chi connectivity index (χ1) is 10.0. The molecule has 0 bridgehead atoms. The zero-order valence-electron chi connectivity index (χ0n) is 12.9.